The second kappa shape index (κ2) is 9.59. The first-order chi connectivity index (χ1) is 16.1. The number of nitrogens with zero attached hydrogens (tertiary/aromatic N) is 4. The minimum Gasteiger partial charge on any atom is -0.361 e. The highest BCUT2D eigenvalue weighted by atomic mass is 35.5. The van der Waals surface area contributed by atoms with Gasteiger partial charge in [-0.3, -0.25) is 4.90 Å². The van der Waals surface area contributed by atoms with E-state index in [1.54, 1.807) is 11.6 Å². The summed E-state index contributed by atoms with van der Waals surface area (Å²) in [6.45, 7) is 6.59. The van der Waals surface area contributed by atoms with E-state index in [9.17, 15) is 4.39 Å². The van der Waals surface area contributed by atoms with Gasteiger partial charge in [0, 0.05) is 48.5 Å². The van der Waals surface area contributed by atoms with E-state index in [1.807, 2.05) is 18.3 Å². The first-order valence-electron chi connectivity index (χ1n) is 10.9. The Labute approximate surface area is 200 Å². The average molecular weight is 483 g/mol. The van der Waals surface area contributed by atoms with E-state index in [4.69, 9.17) is 16.6 Å². The van der Waals surface area contributed by atoms with Crippen molar-refractivity contribution in [2.45, 2.75) is 25.3 Å². The number of hydrogen-bond acceptors (Lipinski definition) is 6. The molecule has 4 heterocycles. The summed E-state index contributed by atoms with van der Waals surface area (Å²) < 4.78 is 13.2. The molecule has 170 valence electrons. The number of halogens is 2. The Kier molecular flexibility index (Phi) is 6.39. The highest BCUT2D eigenvalue weighted by Gasteiger charge is 2.22. The molecule has 0 unspecified atom stereocenters. The van der Waals surface area contributed by atoms with Crippen LogP contribution in [0.15, 0.2) is 42.6 Å². The van der Waals surface area contributed by atoms with Crippen LogP contribution >= 0.6 is 22.9 Å². The number of piperidine rings is 1. The van der Waals surface area contributed by atoms with Crippen molar-refractivity contribution in [2.75, 3.05) is 25.0 Å². The highest BCUT2D eigenvalue weighted by Crippen LogP contribution is 2.33. The number of aromatic nitrogens is 4. The van der Waals surface area contributed by atoms with E-state index in [-0.39, 0.29) is 6.04 Å². The maximum Gasteiger partial charge on any atom is 0.269 e. The molecule has 0 saturated carbocycles. The molecule has 1 saturated heterocycles. The van der Waals surface area contributed by atoms with Crippen LogP contribution in [-0.2, 0) is 6.42 Å². The zero-order valence-corrected chi connectivity index (χ0v) is 19.6. The molecule has 0 radical (unpaired) electrons. The van der Waals surface area contributed by atoms with Crippen LogP contribution in [0.25, 0.3) is 22.9 Å². The molecule has 6 nitrogen and oxygen atoms in total. The number of rotatable bonds is 6. The summed E-state index contributed by atoms with van der Waals surface area (Å²) in [5.41, 5.74) is 5.49. The van der Waals surface area contributed by atoms with Gasteiger partial charge >= 0.3 is 0 Å². The second-order valence-electron chi connectivity index (χ2n) is 8.26. The maximum absolute atomic E-state index is 13.2. The summed E-state index contributed by atoms with van der Waals surface area (Å²) in [4.78, 5) is 18.7. The zero-order chi connectivity index (χ0) is 22.8. The van der Waals surface area contributed by atoms with Crippen molar-refractivity contribution < 1.29 is 4.39 Å². The summed E-state index contributed by atoms with van der Waals surface area (Å²) in [5, 5.41) is 5.32. The molecule has 5 rings (SSSR count). The van der Waals surface area contributed by atoms with E-state index in [0.717, 1.165) is 66.2 Å². The van der Waals surface area contributed by atoms with Gasteiger partial charge in [0.2, 0.25) is 5.95 Å². The number of nitrogens with one attached hydrogen (secondary N) is 2. The zero-order valence-electron chi connectivity index (χ0n) is 18.0. The molecule has 3 aromatic heterocycles. The van der Waals surface area contributed by atoms with Gasteiger partial charge in [0.15, 0.2) is 0 Å². The van der Waals surface area contributed by atoms with Crippen LogP contribution in [0.2, 0.25) is 5.02 Å². The fourth-order valence-corrected chi connectivity index (χ4v) is 5.05. The molecule has 2 aliphatic rings. The number of hydrogen-bond donors (Lipinski definition) is 2. The SMILES string of the molecule is C=C(CN1CCC(Nc2ncc(Cl)c(-c3c[nH]c4c3CC=CC=C4)n2)CC1)c1csc(F)n1. The van der Waals surface area contributed by atoms with Crippen molar-refractivity contribution in [3.8, 4) is 11.3 Å². The fourth-order valence-electron chi connectivity index (χ4n) is 4.27. The summed E-state index contributed by atoms with van der Waals surface area (Å²) in [7, 11) is 0. The Bertz CT molecular complexity index is 1220. The first kappa shape index (κ1) is 22.0. The third-order valence-corrected chi connectivity index (χ3v) is 6.93. The Morgan fingerprint density at radius 2 is 2.15 bits per heavy atom. The lowest BCUT2D eigenvalue weighted by Crippen LogP contribution is -2.40. The predicted octanol–water partition coefficient (Wildman–Crippen LogP) is 5.44. The Hall–Kier alpha value is -2.81. The minimum absolute atomic E-state index is 0.273. The summed E-state index contributed by atoms with van der Waals surface area (Å²) in [5.74, 6) is 0.588. The number of fused-ring (bicyclic) bond motifs is 1. The lowest BCUT2D eigenvalue weighted by molar-refractivity contribution is 0.243. The number of aromatic amines is 1. The lowest BCUT2D eigenvalue weighted by Gasteiger charge is -2.32. The third kappa shape index (κ3) is 4.93. The van der Waals surface area contributed by atoms with Gasteiger partial charge < -0.3 is 10.3 Å². The van der Waals surface area contributed by atoms with Gasteiger partial charge in [-0.15, -0.1) is 0 Å². The molecular formula is C24H24ClFN6S. The van der Waals surface area contributed by atoms with Crippen LogP contribution in [0.5, 0.6) is 0 Å². The standard InChI is InChI=1S/C24H24ClFN6S/c1-15(21-14-33-23(26)30-21)13-32-9-7-16(8-10-32)29-24-28-12-19(25)22(31-24)18-11-27-20-6-4-2-3-5-17(18)20/h2-4,6,11-12,14,16,27H,1,5,7-10,13H2,(H,28,29,31). The van der Waals surface area contributed by atoms with Crippen LogP contribution in [-0.4, -0.2) is 50.5 Å². The van der Waals surface area contributed by atoms with E-state index in [1.165, 1.54) is 5.56 Å². The highest BCUT2D eigenvalue weighted by molar-refractivity contribution is 7.08. The molecule has 2 N–H and O–H groups in total. The molecule has 1 aliphatic carbocycles. The van der Waals surface area contributed by atoms with Gasteiger partial charge in [0.1, 0.15) is 0 Å². The van der Waals surface area contributed by atoms with Gasteiger partial charge in [-0.05, 0) is 36.5 Å². The lowest BCUT2D eigenvalue weighted by atomic mass is 10.0. The predicted molar refractivity (Wildman–Crippen MR) is 133 cm³/mol. The van der Waals surface area contributed by atoms with Crippen molar-refractivity contribution >= 4 is 40.5 Å². The van der Waals surface area contributed by atoms with Crippen molar-refractivity contribution in [3.63, 3.8) is 0 Å². The van der Waals surface area contributed by atoms with Crippen molar-refractivity contribution in [3.05, 3.63) is 69.8 Å². The molecule has 0 aromatic carbocycles. The number of anilines is 1. The number of thiazole rings is 1. The third-order valence-electron chi connectivity index (χ3n) is 6.03. The average Bonchev–Trinajstić information content (AvgIpc) is 3.35. The summed E-state index contributed by atoms with van der Waals surface area (Å²) >= 11 is 7.49. The normalized spacial score (nSPS) is 16.5. The summed E-state index contributed by atoms with van der Waals surface area (Å²) in [6, 6.07) is 0.273. The quantitative estimate of drug-likeness (QED) is 0.490. The largest absolute Gasteiger partial charge is 0.361 e. The van der Waals surface area contributed by atoms with Gasteiger partial charge in [-0.25, -0.2) is 15.0 Å². The van der Waals surface area contributed by atoms with Crippen LogP contribution in [0.1, 0.15) is 29.8 Å². The van der Waals surface area contributed by atoms with Crippen molar-refractivity contribution in [1.82, 2.24) is 24.8 Å². The topological polar surface area (TPSA) is 69.7 Å². The van der Waals surface area contributed by atoms with Crippen molar-refractivity contribution in [2.24, 2.45) is 0 Å². The molecule has 1 fully saturated rings. The molecule has 0 amide bonds. The molecule has 3 aromatic rings. The smallest absolute Gasteiger partial charge is 0.269 e. The Balaban J connectivity index is 1.22. The van der Waals surface area contributed by atoms with Crippen LogP contribution in [0.4, 0.5) is 10.3 Å². The van der Waals surface area contributed by atoms with Crippen molar-refractivity contribution in [1.29, 1.82) is 0 Å². The van der Waals surface area contributed by atoms with Crippen LogP contribution < -0.4 is 5.32 Å². The van der Waals surface area contributed by atoms with Gasteiger partial charge in [0.25, 0.3) is 5.26 Å². The molecule has 33 heavy (non-hydrogen) atoms. The second-order valence-corrected chi connectivity index (χ2v) is 9.48. The first-order valence-corrected chi connectivity index (χ1v) is 12.2. The fraction of sp³-hybridized carbons (Fsp3) is 0.292. The molecule has 0 bridgehead atoms. The van der Waals surface area contributed by atoms with Crippen LogP contribution in [0, 0.1) is 5.26 Å². The number of allylic oxidation sites excluding steroid dienone is 3. The van der Waals surface area contributed by atoms with Gasteiger partial charge in [0.05, 0.1) is 22.6 Å². The molecular weight excluding hydrogens is 459 g/mol. The number of likely N-dealkylation sites (tertiary alicyclic amines) is 1. The van der Waals surface area contributed by atoms with E-state index >= 15 is 0 Å². The minimum atomic E-state index is -0.417. The Morgan fingerprint density at radius 1 is 1.30 bits per heavy atom. The molecule has 1 aliphatic heterocycles. The van der Waals surface area contributed by atoms with E-state index in [0.29, 0.717) is 23.2 Å². The van der Waals surface area contributed by atoms with Crippen LogP contribution in [0.3, 0.4) is 0 Å². The maximum atomic E-state index is 13.2. The Morgan fingerprint density at radius 3 is 2.94 bits per heavy atom. The summed E-state index contributed by atoms with van der Waals surface area (Å²) in [6.07, 6.45) is 14.6. The number of H-pyrrole nitrogens is 1. The molecule has 9 heteroatoms. The van der Waals surface area contributed by atoms with Gasteiger partial charge in [-0.2, -0.15) is 4.39 Å². The van der Waals surface area contributed by atoms with Gasteiger partial charge in [-0.1, -0.05) is 47.7 Å². The molecule has 0 atom stereocenters. The van der Waals surface area contributed by atoms with E-state index < -0.39 is 5.26 Å². The van der Waals surface area contributed by atoms with E-state index in [2.05, 4.69) is 43.9 Å². The monoisotopic (exact) mass is 482 g/mol. The molecule has 0 spiro atoms.